The molecule has 0 aliphatic carbocycles. The summed E-state index contributed by atoms with van der Waals surface area (Å²) in [5.74, 6) is -0.0795. The normalized spacial score (nSPS) is 18.0. The number of carbonyl (C=O) groups is 1. The predicted octanol–water partition coefficient (Wildman–Crippen LogP) is 2.08. The molecule has 1 atom stereocenters. The van der Waals surface area contributed by atoms with Crippen molar-refractivity contribution in [2.45, 2.75) is 26.8 Å². The number of hydrogen-bond donors (Lipinski definition) is 1. The zero-order chi connectivity index (χ0) is 17.6. The Kier molecular flexibility index (Phi) is 3.76. The van der Waals surface area contributed by atoms with Crippen molar-refractivity contribution in [3.05, 3.63) is 40.5 Å². The van der Waals surface area contributed by atoms with Crippen LogP contribution >= 0.6 is 0 Å². The van der Waals surface area contributed by atoms with E-state index in [9.17, 15) is 4.79 Å². The van der Waals surface area contributed by atoms with Gasteiger partial charge in [0.15, 0.2) is 0 Å². The van der Waals surface area contributed by atoms with E-state index in [0.29, 0.717) is 42.1 Å². The number of morpholine rings is 1. The van der Waals surface area contributed by atoms with Crippen molar-refractivity contribution < 1.29 is 14.1 Å². The van der Waals surface area contributed by atoms with Gasteiger partial charge in [0, 0.05) is 12.2 Å². The average molecular weight is 341 g/mol. The molecule has 3 aromatic rings. The number of rotatable bonds is 2. The van der Waals surface area contributed by atoms with E-state index in [1.807, 2.05) is 25.7 Å². The van der Waals surface area contributed by atoms with Crippen LogP contribution in [0.2, 0.25) is 0 Å². The molecule has 1 aliphatic rings. The van der Waals surface area contributed by atoms with E-state index < -0.39 is 0 Å². The molecular formula is C17H19N5O3. The summed E-state index contributed by atoms with van der Waals surface area (Å²) in [6.07, 6.45) is 1.76. The number of pyridine rings is 1. The van der Waals surface area contributed by atoms with Gasteiger partial charge in [-0.3, -0.25) is 9.89 Å². The number of nitrogens with one attached hydrogen (secondary N) is 1. The van der Waals surface area contributed by atoms with Crippen molar-refractivity contribution in [2.24, 2.45) is 0 Å². The van der Waals surface area contributed by atoms with Crippen molar-refractivity contribution in [1.29, 1.82) is 0 Å². The summed E-state index contributed by atoms with van der Waals surface area (Å²) in [6.45, 7) is 7.07. The highest BCUT2D eigenvalue weighted by Gasteiger charge is 2.33. The largest absolute Gasteiger partial charge is 0.377 e. The minimum absolute atomic E-state index is 0.0795. The fraction of sp³-hybridized carbons (Fsp3) is 0.412. The van der Waals surface area contributed by atoms with Gasteiger partial charge < -0.3 is 14.2 Å². The van der Waals surface area contributed by atoms with Crippen molar-refractivity contribution in [2.75, 3.05) is 19.8 Å². The fourth-order valence-corrected chi connectivity index (χ4v) is 3.32. The minimum atomic E-state index is -0.201. The van der Waals surface area contributed by atoms with Gasteiger partial charge in [0.2, 0.25) is 0 Å². The molecular weight excluding hydrogens is 322 g/mol. The number of hydrogen-bond acceptors (Lipinski definition) is 6. The number of aromatic nitrogens is 4. The van der Waals surface area contributed by atoms with Crippen LogP contribution in [0.5, 0.6) is 0 Å². The van der Waals surface area contributed by atoms with E-state index in [1.165, 1.54) is 0 Å². The number of carbonyl (C=O) groups excluding carboxylic acids is 1. The third-order valence-corrected chi connectivity index (χ3v) is 4.57. The quantitative estimate of drug-likeness (QED) is 0.766. The van der Waals surface area contributed by atoms with Crippen molar-refractivity contribution in [1.82, 2.24) is 25.2 Å². The summed E-state index contributed by atoms with van der Waals surface area (Å²) in [5.41, 5.74) is 4.24. The van der Waals surface area contributed by atoms with Crippen molar-refractivity contribution in [3.8, 4) is 0 Å². The second-order valence-corrected chi connectivity index (χ2v) is 6.32. The first-order valence-electron chi connectivity index (χ1n) is 8.18. The molecule has 0 aromatic carbocycles. The second-order valence-electron chi connectivity index (χ2n) is 6.32. The minimum Gasteiger partial charge on any atom is -0.377 e. The lowest BCUT2D eigenvalue weighted by molar-refractivity contribution is -0.00398. The Morgan fingerprint density at radius 1 is 1.36 bits per heavy atom. The van der Waals surface area contributed by atoms with Gasteiger partial charge in [-0.15, -0.1) is 0 Å². The van der Waals surface area contributed by atoms with Gasteiger partial charge in [-0.25, -0.2) is 4.98 Å². The Hall–Kier alpha value is -2.74. The third kappa shape index (κ3) is 2.58. The van der Waals surface area contributed by atoms with Crippen LogP contribution in [-0.4, -0.2) is 50.9 Å². The third-order valence-electron chi connectivity index (χ3n) is 4.57. The number of aryl methyl sites for hydroxylation is 3. The molecule has 1 aliphatic heterocycles. The first-order chi connectivity index (χ1) is 12.1. The van der Waals surface area contributed by atoms with Crippen LogP contribution < -0.4 is 0 Å². The van der Waals surface area contributed by atoms with E-state index in [4.69, 9.17) is 9.26 Å². The molecule has 0 spiro atoms. The molecule has 1 N–H and O–H groups in total. The topological polar surface area (TPSA) is 97.1 Å². The molecule has 1 saturated heterocycles. The van der Waals surface area contributed by atoms with Gasteiger partial charge >= 0.3 is 0 Å². The molecule has 3 aromatic heterocycles. The number of fused-ring (bicyclic) bond motifs is 1. The second kappa shape index (κ2) is 5.96. The Labute approximate surface area is 144 Å². The number of nitrogens with zero attached hydrogens (tertiary/aromatic N) is 4. The van der Waals surface area contributed by atoms with Crippen LogP contribution in [0.4, 0.5) is 0 Å². The summed E-state index contributed by atoms with van der Waals surface area (Å²) < 4.78 is 10.9. The van der Waals surface area contributed by atoms with Crippen LogP contribution in [0, 0.1) is 20.8 Å². The number of aromatic amines is 1. The highest BCUT2D eigenvalue weighted by Crippen LogP contribution is 2.29. The van der Waals surface area contributed by atoms with Crippen molar-refractivity contribution >= 4 is 17.0 Å². The number of H-pyrrole nitrogens is 1. The molecule has 0 bridgehead atoms. The molecule has 8 heteroatoms. The van der Waals surface area contributed by atoms with Gasteiger partial charge in [-0.1, -0.05) is 5.16 Å². The Morgan fingerprint density at radius 3 is 2.96 bits per heavy atom. The van der Waals surface area contributed by atoms with Crippen LogP contribution in [0.1, 0.15) is 39.0 Å². The smallest absolute Gasteiger partial charge is 0.258 e. The maximum atomic E-state index is 13.4. The molecule has 0 radical (unpaired) electrons. The summed E-state index contributed by atoms with van der Waals surface area (Å²) in [5, 5.41) is 11.7. The Balaban J connectivity index is 1.79. The summed E-state index contributed by atoms with van der Waals surface area (Å²) >= 11 is 0. The highest BCUT2D eigenvalue weighted by atomic mass is 16.5. The number of amides is 1. The first-order valence-corrected chi connectivity index (χ1v) is 8.18. The number of ether oxygens (including phenoxy) is 1. The molecule has 4 rings (SSSR count). The average Bonchev–Trinajstić information content (AvgIpc) is 3.19. The van der Waals surface area contributed by atoms with E-state index in [0.717, 1.165) is 17.0 Å². The zero-order valence-electron chi connectivity index (χ0n) is 14.4. The SMILES string of the molecule is Cc1cc(C(=O)N2CCOC[C@@H]2c2[nH]ncc2C)c2c(C)noc2n1. The standard InChI is InChI=1S/C17H19N5O3/c1-9-7-18-20-15(9)13-8-24-5-4-22(13)17(23)12-6-10(2)19-16-14(12)11(3)21-25-16/h6-7,13H,4-5,8H2,1-3H3,(H,18,20)/t13-/m1/s1. The fourth-order valence-electron chi connectivity index (χ4n) is 3.32. The molecule has 0 saturated carbocycles. The first kappa shape index (κ1) is 15.8. The van der Waals surface area contributed by atoms with Gasteiger partial charge in [-0.2, -0.15) is 5.10 Å². The monoisotopic (exact) mass is 341 g/mol. The lowest BCUT2D eigenvalue weighted by Gasteiger charge is -2.35. The summed E-state index contributed by atoms with van der Waals surface area (Å²) in [4.78, 5) is 19.5. The molecule has 4 heterocycles. The molecule has 0 unspecified atom stereocenters. The predicted molar refractivity (Wildman–Crippen MR) is 89.2 cm³/mol. The maximum absolute atomic E-state index is 13.4. The molecule has 1 fully saturated rings. The van der Waals surface area contributed by atoms with Gasteiger partial charge in [0.1, 0.15) is 0 Å². The molecule has 1 amide bonds. The van der Waals surface area contributed by atoms with Gasteiger partial charge in [0.05, 0.1) is 47.8 Å². The Bertz CT molecular complexity index is 945. The van der Waals surface area contributed by atoms with Gasteiger partial charge in [-0.05, 0) is 32.4 Å². The van der Waals surface area contributed by atoms with E-state index >= 15 is 0 Å². The van der Waals surface area contributed by atoms with Crippen LogP contribution in [0.25, 0.3) is 11.1 Å². The summed E-state index contributed by atoms with van der Waals surface area (Å²) in [7, 11) is 0. The maximum Gasteiger partial charge on any atom is 0.258 e. The van der Waals surface area contributed by atoms with Crippen LogP contribution in [0.15, 0.2) is 16.8 Å². The molecule has 130 valence electrons. The Morgan fingerprint density at radius 2 is 2.20 bits per heavy atom. The molecule has 8 nitrogen and oxygen atoms in total. The lowest BCUT2D eigenvalue weighted by Crippen LogP contribution is -2.44. The highest BCUT2D eigenvalue weighted by molar-refractivity contribution is 6.06. The zero-order valence-corrected chi connectivity index (χ0v) is 14.4. The lowest BCUT2D eigenvalue weighted by atomic mass is 10.0. The van der Waals surface area contributed by atoms with E-state index in [2.05, 4.69) is 20.3 Å². The van der Waals surface area contributed by atoms with E-state index in [-0.39, 0.29) is 11.9 Å². The van der Waals surface area contributed by atoms with Crippen molar-refractivity contribution in [3.63, 3.8) is 0 Å². The molecule has 25 heavy (non-hydrogen) atoms. The summed E-state index contributed by atoms with van der Waals surface area (Å²) in [6, 6.07) is 1.59. The van der Waals surface area contributed by atoms with Crippen LogP contribution in [0.3, 0.4) is 0 Å². The van der Waals surface area contributed by atoms with E-state index in [1.54, 1.807) is 12.3 Å². The van der Waals surface area contributed by atoms with Crippen LogP contribution in [-0.2, 0) is 4.74 Å². The van der Waals surface area contributed by atoms with Gasteiger partial charge in [0.25, 0.3) is 11.6 Å².